The average Bonchev–Trinajstić information content (AvgIpc) is 2.94. The summed E-state index contributed by atoms with van der Waals surface area (Å²) >= 11 is 1.49. The van der Waals surface area contributed by atoms with Gasteiger partial charge >= 0.3 is 0 Å². The van der Waals surface area contributed by atoms with Gasteiger partial charge in [0.2, 0.25) is 5.91 Å². The first kappa shape index (κ1) is 10.9. The zero-order valence-corrected chi connectivity index (χ0v) is 8.77. The molecule has 2 N–H and O–H groups in total. The van der Waals surface area contributed by atoms with Gasteiger partial charge < -0.3 is 10.4 Å². The molecule has 1 rings (SSSR count). The first-order valence-electron chi connectivity index (χ1n) is 4.71. The smallest absolute Gasteiger partial charge is 0.230 e. The molecule has 1 unspecified atom stereocenters. The first-order valence-corrected chi connectivity index (χ1v) is 5.76. The fourth-order valence-electron chi connectivity index (χ4n) is 0.902. The molecule has 0 spiro atoms. The molecule has 76 valence electrons. The van der Waals surface area contributed by atoms with Gasteiger partial charge in [-0.3, -0.25) is 4.79 Å². The molecule has 1 amide bonds. The van der Waals surface area contributed by atoms with Gasteiger partial charge in [-0.2, -0.15) is 0 Å². The Morgan fingerprint density at radius 2 is 2.38 bits per heavy atom. The number of hydrogen-bond donors (Lipinski definition) is 2. The first-order chi connectivity index (χ1) is 6.22. The Balaban J connectivity index is 1.96. The maximum absolute atomic E-state index is 11.2. The fraction of sp³-hybridized carbons (Fsp3) is 0.889. The highest BCUT2D eigenvalue weighted by Crippen LogP contribution is 2.27. The van der Waals surface area contributed by atoms with Gasteiger partial charge in [0.25, 0.3) is 0 Å². The Labute approximate surface area is 83.3 Å². The normalized spacial score (nSPS) is 18.3. The maximum Gasteiger partial charge on any atom is 0.230 e. The van der Waals surface area contributed by atoms with Crippen molar-refractivity contribution in [3.8, 4) is 0 Å². The molecular formula is C9H17NO2S. The van der Waals surface area contributed by atoms with Crippen LogP contribution in [0.4, 0.5) is 0 Å². The number of rotatable bonds is 6. The Hall–Kier alpha value is -0.220. The molecule has 4 heteroatoms. The molecule has 1 atom stereocenters. The summed E-state index contributed by atoms with van der Waals surface area (Å²) in [7, 11) is 0. The highest BCUT2D eigenvalue weighted by Gasteiger charge is 2.21. The lowest BCUT2D eigenvalue weighted by atomic mass is 10.4. The number of hydrogen-bond acceptors (Lipinski definition) is 3. The number of aliphatic hydroxyl groups is 1. The number of aliphatic hydroxyl groups excluding tert-OH is 1. The van der Waals surface area contributed by atoms with Crippen molar-refractivity contribution in [3.63, 3.8) is 0 Å². The Kier molecular flexibility index (Phi) is 4.59. The maximum atomic E-state index is 11.2. The van der Waals surface area contributed by atoms with E-state index in [1.165, 1.54) is 24.6 Å². The van der Waals surface area contributed by atoms with Gasteiger partial charge in [0, 0.05) is 11.8 Å². The quantitative estimate of drug-likeness (QED) is 0.665. The molecule has 0 bridgehead atoms. The summed E-state index contributed by atoms with van der Waals surface area (Å²) in [5.74, 6) is 1.30. The molecule has 1 fully saturated rings. The largest absolute Gasteiger partial charge is 0.395 e. The van der Waals surface area contributed by atoms with Crippen LogP contribution in [0.2, 0.25) is 0 Å². The summed E-state index contributed by atoms with van der Waals surface area (Å²) in [6.07, 6.45) is 2.53. The highest BCUT2D eigenvalue weighted by atomic mass is 32.2. The molecule has 0 aliphatic heterocycles. The third kappa shape index (κ3) is 5.16. The Bertz CT molecular complexity index is 171. The summed E-state index contributed by atoms with van der Waals surface area (Å²) in [5, 5.41) is 11.8. The summed E-state index contributed by atoms with van der Waals surface area (Å²) in [4.78, 5) is 11.2. The van der Waals surface area contributed by atoms with E-state index in [0.717, 1.165) is 12.5 Å². The van der Waals surface area contributed by atoms with Crippen molar-refractivity contribution in [2.45, 2.75) is 25.0 Å². The average molecular weight is 203 g/mol. The van der Waals surface area contributed by atoms with Crippen molar-refractivity contribution in [3.05, 3.63) is 0 Å². The minimum Gasteiger partial charge on any atom is -0.395 e. The lowest BCUT2D eigenvalue weighted by Gasteiger charge is -2.07. The molecule has 1 aliphatic carbocycles. The Morgan fingerprint density at radius 1 is 1.69 bits per heavy atom. The van der Waals surface area contributed by atoms with Crippen molar-refractivity contribution in [1.29, 1.82) is 0 Å². The van der Waals surface area contributed by atoms with Crippen LogP contribution >= 0.6 is 11.8 Å². The van der Waals surface area contributed by atoms with E-state index in [1.54, 1.807) is 0 Å². The number of nitrogens with one attached hydrogen (secondary N) is 1. The van der Waals surface area contributed by atoms with Crippen LogP contribution in [0.1, 0.15) is 19.8 Å². The SMILES string of the molecule is CC(CO)SCC(=O)NCC1CC1. The van der Waals surface area contributed by atoms with Gasteiger partial charge in [0.05, 0.1) is 12.4 Å². The summed E-state index contributed by atoms with van der Waals surface area (Å²) in [6.45, 7) is 2.90. The van der Waals surface area contributed by atoms with Crippen LogP contribution in [0.3, 0.4) is 0 Å². The van der Waals surface area contributed by atoms with Crippen LogP contribution in [0.5, 0.6) is 0 Å². The molecule has 1 saturated carbocycles. The zero-order valence-electron chi connectivity index (χ0n) is 7.95. The second-order valence-corrected chi connectivity index (χ2v) is 4.98. The van der Waals surface area contributed by atoms with Gasteiger partial charge in [0.1, 0.15) is 0 Å². The van der Waals surface area contributed by atoms with Gasteiger partial charge in [-0.25, -0.2) is 0 Å². The predicted molar refractivity (Wildman–Crippen MR) is 54.7 cm³/mol. The van der Waals surface area contributed by atoms with Gasteiger partial charge in [-0.15, -0.1) is 11.8 Å². The number of amides is 1. The zero-order chi connectivity index (χ0) is 9.68. The monoisotopic (exact) mass is 203 g/mol. The lowest BCUT2D eigenvalue weighted by Crippen LogP contribution is -2.28. The Morgan fingerprint density at radius 3 is 2.92 bits per heavy atom. The predicted octanol–water partition coefficient (Wildman–Crippen LogP) is 0.627. The van der Waals surface area contributed by atoms with E-state index in [9.17, 15) is 4.79 Å². The van der Waals surface area contributed by atoms with Gasteiger partial charge in [-0.1, -0.05) is 6.92 Å². The number of carbonyl (C=O) groups is 1. The second-order valence-electron chi connectivity index (χ2n) is 3.55. The van der Waals surface area contributed by atoms with E-state index in [4.69, 9.17) is 5.11 Å². The second kappa shape index (κ2) is 5.50. The van der Waals surface area contributed by atoms with Crippen LogP contribution in [-0.2, 0) is 4.79 Å². The van der Waals surface area contributed by atoms with E-state index >= 15 is 0 Å². The van der Waals surface area contributed by atoms with Crippen molar-refractivity contribution in [1.82, 2.24) is 5.32 Å². The van der Waals surface area contributed by atoms with E-state index in [1.807, 2.05) is 6.92 Å². The van der Waals surface area contributed by atoms with E-state index in [0.29, 0.717) is 5.75 Å². The number of carbonyl (C=O) groups excluding carboxylic acids is 1. The molecule has 1 aliphatic rings. The molecule has 0 aromatic carbocycles. The summed E-state index contributed by atoms with van der Waals surface area (Å²) in [5.41, 5.74) is 0. The van der Waals surface area contributed by atoms with Gasteiger partial charge in [0.15, 0.2) is 0 Å². The fourth-order valence-corrected chi connectivity index (χ4v) is 1.55. The highest BCUT2D eigenvalue weighted by molar-refractivity contribution is 8.00. The lowest BCUT2D eigenvalue weighted by molar-refractivity contribution is -0.118. The minimum atomic E-state index is 0.0946. The van der Waals surface area contributed by atoms with E-state index in [2.05, 4.69) is 5.32 Å². The third-order valence-corrected chi connectivity index (χ3v) is 3.19. The van der Waals surface area contributed by atoms with Crippen LogP contribution in [0, 0.1) is 5.92 Å². The van der Waals surface area contributed by atoms with E-state index < -0.39 is 0 Å². The van der Waals surface area contributed by atoms with Crippen LogP contribution < -0.4 is 5.32 Å². The van der Waals surface area contributed by atoms with Crippen LogP contribution in [0.15, 0.2) is 0 Å². The van der Waals surface area contributed by atoms with Crippen molar-refractivity contribution < 1.29 is 9.90 Å². The molecule has 0 saturated heterocycles. The third-order valence-electron chi connectivity index (χ3n) is 2.04. The van der Waals surface area contributed by atoms with E-state index in [-0.39, 0.29) is 17.8 Å². The number of thioether (sulfide) groups is 1. The summed E-state index contributed by atoms with van der Waals surface area (Å²) in [6, 6.07) is 0. The molecule has 13 heavy (non-hydrogen) atoms. The summed E-state index contributed by atoms with van der Waals surface area (Å²) < 4.78 is 0. The molecule has 0 heterocycles. The molecular weight excluding hydrogens is 186 g/mol. The van der Waals surface area contributed by atoms with Crippen molar-refractivity contribution >= 4 is 17.7 Å². The van der Waals surface area contributed by atoms with Crippen molar-refractivity contribution in [2.75, 3.05) is 18.9 Å². The molecule has 0 aromatic rings. The van der Waals surface area contributed by atoms with Crippen LogP contribution in [0.25, 0.3) is 0 Å². The molecule has 0 radical (unpaired) electrons. The van der Waals surface area contributed by atoms with Crippen LogP contribution in [-0.4, -0.2) is 35.2 Å². The topological polar surface area (TPSA) is 49.3 Å². The standard InChI is InChI=1S/C9H17NO2S/c1-7(5-11)13-6-9(12)10-4-8-2-3-8/h7-8,11H,2-6H2,1H3,(H,10,12). The van der Waals surface area contributed by atoms with Gasteiger partial charge in [-0.05, 0) is 18.8 Å². The molecule has 0 aromatic heterocycles. The molecule has 3 nitrogen and oxygen atoms in total. The minimum absolute atomic E-state index is 0.0946. The van der Waals surface area contributed by atoms with Crippen molar-refractivity contribution in [2.24, 2.45) is 5.92 Å².